The van der Waals surface area contributed by atoms with Gasteiger partial charge in [0.2, 0.25) is 5.91 Å². The van der Waals surface area contributed by atoms with Crippen molar-refractivity contribution in [1.82, 2.24) is 4.90 Å². The van der Waals surface area contributed by atoms with Crippen molar-refractivity contribution in [2.24, 2.45) is 0 Å². The Balaban J connectivity index is 1.81. The Morgan fingerprint density at radius 2 is 2.00 bits per heavy atom. The Morgan fingerprint density at radius 3 is 2.67 bits per heavy atom. The number of nitrogens with one attached hydrogen (secondary N) is 1. The molecule has 0 radical (unpaired) electrons. The van der Waals surface area contributed by atoms with E-state index < -0.39 is 0 Å². The molecular formula is C19H28N2O3. The number of piperidine rings is 1. The number of benzene rings is 1. The maximum atomic E-state index is 12.3. The highest BCUT2D eigenvalue weighted by Crippen LogP contribution is 2.17. The van der Waals surface area contributed by atoms with Crippen molar-refractivity contribution in [3.8, 4) is 0 Å². The number of ether oxygens (including phenoxy) is 1. The molecule has 132 valence electrons. The molecule has 5 heteroatoms. The largest absolute Gasteiger partial charge is 0.462 e. The average molecular weight is 332 g/mol. The van der Waals surface area contributed by atoms with E-state index in [1.165, 1.54) is 6.42 Å². The summed E-state index contributed by atoms with van der Waals surface area (Å²) in [6, 6.07) is 7.40. The quantitative estimate of drug-likeness (QED) is 0.614. The number of carbonyl (C=O) groups is 2. The molecule has 24 heavy (non-hydrogen) atoms. The van der Waals surface area contributed by atoms with Crippen LogP contribution in [0.2, 0.25) is 0 Å². The number of anilines is 1. The summed E-state index contributed by atoms with van der Waals surface area (Å²) in [5.41, 5.74) is 1.37. The van der Waals surface area contributed by atoms with Crippen LogP contribution < -0.4 is 5.32 Å². The minimum atomic E-state index is -0.298. The number of hydrogen-bond donors (Lipinski definition) is 1. The Bertz CT molecular complexity index is 542. The highest BCUT2D eigenvalue weighted by molar-refractivity contribution is 5.90. The highest BCUT2D eigenvalue weighted by Gasteiger charge is 2.22. The molecule has 1 N–H and O–H groups in total. The van der Waals surface area contributed by atoms with Crippen LogP contribution in [-0.4, -0.2) is 42.5 Å². The van der Waals surface area contributed by atoms with Crippen molar-refractivity contribution < 1.29 is 14.3 Å². The van der Waals surface area contributed by atoms with Gasteiger partial charge in [0, 0.05) is 18.3 Å². The fourth-order valence-corrected chi connectivity index (χ4v) is 2.86. The second-order valence-electron chi connectivity index (χ2n) is 6.35. The van der Waals surface area contributed by atoms with Crippen molar-refractivity contribution in [2.75, 3.05) is 25.0 Å². The molecule has 1 unspecified atom stereocenters. The molecule has 1 aromatic carbocycles. The zero-order valence-corrected chi connectivity index (χ0v) is 14.7. The van der Waals surface area contributed by atoms with Gasteiger partial charge in [-0.25, -0.2) is 4.79 Å². The van der Waals surface area contributed by atoms with Crippen LogP contribution in [0.5, 0.6) is 0 Å². The molecule has 0 aliphatic carbocycles. The van der Waals surface area contributed by atoms with Crippen LogP contribution >= 0.6 is 0 Å². The molecule has 1 aliphatic rings. The van der Waals surface area contributed by atoms with Crippen molar-refractivity contribution in [1.29, 1.82) is 0 Å². The molecule has 0 aromatic heterocycles. The molecule has 1 aliphatic heterocycles. The summed E-state index contributed by atoms with van der Waals surface area (Å²) in [4.78, 5) is 26.1. The predicted octanol–water partition coefficient (Wildman–Crippen LogP) is 3.46. The first-order valence-corrected chi connectivity index (χ1v) is 8.92. The van der Waals surface area contributed by atoms with E-state index in [0.29, 0.717) is 18.2 Å². The number of likely N-dealkylation sites (tertiary alicyclic amines) is 1. The zero-order chi connectivity index (χ0) is 17.4. The molecule has 1 saturated heterocycles. The van der Waals surface area contributed by atoms with E-state index in [0.717, 1.165) is 37.9 Å². The second-order valence-corrected chi connectivity index (χ2v) is 6.35. The number of unbranched alkanes of at least 4 members (excludes halogenated alkanes) is 1. The fourth-order valence-electron chi connectivity index (χ4n) is 2.86. The molecule has 1 heterocycles. The molecular weight excluding hydrogens is 304 g/mol. The van der Waals surface area contributed by atoms with Crippen LogP contribution in [0.4, 0.5) is 5.69 Å². The molecule has 1 fully saturated rings. The van der Waals surface area contributed by atoms with Crippen LogP contribution in [0.1, 0.15) is 56.3 Å². The third-order valence-electron chi connectivity index (χ3n) is 4.42. The van der Waals surface area contributed by atoms with E-state index in [4.69, 9.17) is 4.74 Å². The summed E-state index contributed by atoms with van der Waals surface area (Å²) >= 11 is 0. The van der Waals surface area contributed by atoms with Crippen LogP contribution in [0.15, 0.2) is 24.3 Å². The van der Waals surface area contributed by atoms with E-state index in [-0.39, 0.29) is 18.4 Å². The lowest BCUT2D eigenvalue weighted by Gasteiger charge is -2.33. The third-order valence-corrected chi connectivity index (χ3v) is 4.42. The molecule has 0 bridgehead atoms. The Hall–Kier alpha value is -2.04. The zero-order valence-electron chi connectivity index (χ0n) is 14.7. The number of nitrogens with zero attached hydrogens (tertiary/aromatic N) is 1. The summed E-state index contributed by atoms with van der Waals surface area (Å²) in [7, 11) is 0. The third kappa shape index (κ3) is 5.25. The van der Waals surface area contributed by atoms with Gasteiger partial charge in [-0.3, -0.25) is 4.79 Å². The van der Waals surface area contributed by atoms with Gasteiger partial charge in [0.15, 0.2) is 0 Å². The standard InChI is InChI=1S/C19H28N2O3/c1-3-4-13-24-19(23)16-8-10-17(11-9-16)20-14-18(22)21-12-6-5-7-15(21)2/h8-11,15,20H,3-7,12-14H2,1-2H3. The van der Waals surface area contributed by atoms with Crippen molar-refractivity contribution in [3.63, 3.8) is 0 Å². The van der Waals surface area contributed by atoms with E-state index in [1.54, 1.807) is 12.1 Å². The lowest BCUT2D eigenvalue weighted by molar-refractivity contribution is -0.132. The first kappa shape index (κ1) is 18.3. The lowest BCUT2D eigenvalue weighted by Crippen LogP contribution is -2.44. The maximum Gasteiger partial charge on any atom is 0.338 e. The van der Waals surface area contributed by atoms with Crippen LogP contribution in [-0.2, 0) is 9.53 Å². The topological polar surface area (TPSA) is 58.6 Å². The number of esters is 1. The van der Waals surface area contributed by atoms with E-state index in [1.807, 2.05) is 17.0 Å². The minimum absolute atomic E-state index is 0.130. The molecule has 1 amide bonds. The highest BCUT2D eigenvalue weighted by atomic mass is 16.5. The van der Waals surface area contributed by atoms with E-state index in [2.05, 4.69) is 19.2 Å². The summed E-state index contributed by atoms with van der Waals surface area (Å²) in [6.07, 6.45) is 5.25. The van der Waals surface area contributed by atoms with Gasteiger partial charge in [0.1, 0.15) is 0 Å². The molecule has 1 atom stereocenters. The minimum Gasteiger partial charge on any atom is -0.462 e. The smallest absolute Gasteiger partial charge is 0.338 e. The number of carbonyl (C=O) groups excluding carboxylic acids is 2. The summed E-state index contributed by atoms with van der Waals surface area (Å²) in [5, 5.41) is 3.14. The molecule has 2 rings (SSSR count). The number of amides is 1. The summed E-state index contributed by atoms with van der Waals surface area (Å²) in [5.74, 6) is -0.168. The SMILES string of the molecule is CCCCOC(=O)c1ccc(NCC(=O)N2CCCCC2C)cc1. The van der Waals surface area contributed by atoms with Gasteiger partial charge in [-0.05, 0) is 56.9 Å². The Labute approximate surface area is 144 Å². The van der Waals surface area contributed by atoms with Crippen molar-refractivity contribution in [3.05, 3.63) is 29.8 Å². The van der Waals surface area contributed by atoms with Crippen molar-refractivity contribution in [2.45, 2.75) is 52.0 Å². The molecule has 0 saturated carbocycles. The average Bonchev–Trinajstić information content (AvgIpc) is 2.60. The van der Waals surface area contributed by atoms with Crippen LogP contribution in [0, 0.1) is 0 Å². The lowest BCUT2D eigenvalue weighted by atomic mass is 10.0. The monoisotopic (exact) mass is 332 g/mol. The maximum absolute atomic E-state index is 12.3. The fraction of sp³-hybridized carbons (Fsp3) is 0.579. The molecule has 0 spiro atoms. The van der Waals surface area contributed by atoms with Crippen molar-refractivity contribution >= 4 is 17.6 Å². The van der Waals surface area contributed by atoms with Gasteiger partial charge in [-0.15, -0.1) is 0 Å². The summed E-state index contributed by atoms with van der Waals surface area (Å²) in [6.45, 7) is 5.75. The van der Waals surface area contributed by atoms with Gasteiger partial charge < -0.3 is 15.0 Å². The second kappa shape index (κ2) is 9.30. The van der Waals surface area contributed by atoms with E-state index >= 15 is 0 Å². The predicted molar refractivity (Wildman–Crippen MR) is 95.1 cm³/mol. The molecule has 5 nitrogen and oxygen atoms in total. The first-order chi connectivity index (χ1) is 11.6. The van der Waals surface area contributed by atoms with Gasteiger partial charge in [0.05, 0.1) is 18.7 Å². The van der Waals surface area contributed by atoms with Gasteiger partial charge >= 0.3 is 5.97 Å². The summed E-state index contributed by atoms with van der Waals surface area (Å²) < 4.78 is 5.18. The Morgan fingerprint density at radius 1 is 1.25 bits per heavy atom. The normalized spacial score (nSPS) is 17.4. The molecule has 1 aromatic rings. The van der Waals surface area contributed by atoms with Crippen LogP contribution in [0.3, 0.4) is 0 Å². The van der Waals surface area contributed by atoms with Gasteiger partial charge in [-0.2, -0.15) is 0 Å². The first-order valence-electron chi connectivity index (χ1n) is 8.92. The van der Waals surface area contributed by atoms with Gasteiger partial charge in [-0.1, -0.05) is 13.3 Å². The Kier molecular flexibility index (Phi) is 7.09. The number of hydrogen-bond acceptors (Lipinski definition) is 4. The number of rotatable bonds is 7. The van der Waals surface area contributed by atoms with Gasteiger partial charge in [0.25, 0.3) is 0 Å². The van der Waals surface area contributed by atoms with Crippen LogP contribution in [0.25, 0.3) is 0 Å². The van der Waals surface area contributed by atoms with E-state index in [9.17, 15) is 9.59 Å².